The van der Waals surface area contributed by atoms with Crippen LogP contribution < -0.4 is 0 Å². The lowest BCUT2D eigenvalue weighted by atomic mass is 10.0. The molecule has 1 aliphatic carbocycles. The van der Waals surface area contributed by atoms with Gasteiger partial charge in [-0.05, 0) is 0 Å². The van der Waals surface area contributed by atoms with Gasteiger partial charge in [-0.25, -0.2) is 0 Å². The maximum absolute atomic E-state index is 12.4. The first-order chi connectivity index (χ1) is 9.67. The van der Waals surface area contributed by atoms with E-state index in [-0.39, 0.29) is 11.6 Å². The smallest absolute Gasteiger partial charge is 0.227 e. The van der Waals surface area contributed by atoms with E-state index in [1.807, 2.05) is 14.7 Å². The molecule has 0 unspecified atom stereocenters. The maximum Gasteiger partial charge on any atom is 0.227 e. The van der Waals surface area contributed by atoms with Gasteiger partial charge in [-0.2, -0.15) is 0 Å². The van der Waals surface area contributed by atoms with Crippen molar-refractivity contribution in [3.63, 3.8) is 0 Å². The second-order valence-electron chi connectivity index (χ2n) is 5.59. The number of carbonyl (C=O) groups is 2. The first kappa shape index (κ1) is 13.4. The monoisotopic (exact) mass is 291 g/mol. The van der Waals surface area contributed by atoms with Gasteiger partial charge < -0.3 is 14.7 Å². The second kappa shape index (κ2) is 5.09. The third kappa shape index (κ3) is 2.52. The fourth-order valence-electron chi connectivity index (χ4n) is 2.28. The number of hydrogen-bond donors (Lipinski definition) is 0. The van der Waals surface area contributed by atoms with Crippen molar-refractivity contribution in [2.45, 2.75) is 13.1 Å². The van der Waals surface area contributed by atoms with Crippen molar-refractivity contribution >= 4 is 21.1 Å². The zero-order chi connectivity index (χ0) is 14.3. The topological polar surface area (TPSA) is 43.2 Å². The Morgan fingerprint density at radius 1 is 0.850 bits per heavy atom. The van der Waals surface area contributed by atoms with Crippen LogP contribution in [0.3, 0.4) is 0 Å². The number of carbonyl (C=O) groups excluding carboxylic acids is 2. The van der Waals surface area contributed by atoms with Crippen LogP contribution in [0.2, 0.25) is 13.1 Å². The van der Waals surface area contributed by atoms with Crippen molar-refractivity contribution in [1.29, 1.82) is 0 Å². The molecule has 0 atom stereocenters. The zero-order valence-corrected chi connectivity index (χ0v) is 13.6. The van der Waals surface area contributed by atoms with Crippen molar-refractivity contribution in [2.75, 3.05) is 39.3 Å². The molecular weight excluding hydrogens is 270 g/mol. The fraction of sp³-hybridized carbons (Fsp3) is 0.571. The molecule has 0 aromatic rings. The highest BCUT2D eigenvalue weighted by Crippen LogP contribution is 2.33. The van der Waals surface area contributed by atoms with Crippen LogP contribution in [0.15, 0.2) is 23.2 Å². The highest BCUT2D eigenvalue weighted by Gasteiger charge is 2.43. The Morgan fingerprint density at radius 2 is 1.30 bits per heavy atom. The fourth-order valence-corrected chi connectivity index (χ4v) is 2.28. The largest absolute Gasteiger partial charge is 0.365 e. The third-order valence-electron chi connectivity index (χ3n) is 3.49. The van der Waals surface area contributed by atoms with Crippen LogP contribution in [0, 0.1) is 0 Å². The molecule has 0 saturated carbocycles. The van der Waals surface area contributed by atoms with Gasteiger partial charge in [0.25, 0.3) is 0 Å². The molecule has 108 valence electrons. The molecule has 4 aliphatic rings. The van der Waals surface area contributed by atoms with Crippen molar-refractivity contribution in [2.24, 2.45) is 0 Å². The summed E-state index contributed by atoms with van der Waals surface area (Å²) < 4.78 is 0. The molecule has 3 aliphatic heterocycles. The molecule has 0 N–H and O–H groups in total. The van der Waals surface area contributed by atoms with Crippen molar-refractivity contribution in [3.8, 4) is 0 Å². The van der Waals surface area contributed by atoms with Gasteiger partial charge in [-0.3, -0.25) is 9.59 Å². The molecule has 6 heteroatoms. The van der Waals surface area contributed by atoms with Crippen LogP contribution >= 0.6 is 0 Å². The standard InChI is InChI=1S/C12H13N3O2.C2H8Si/c16-9-7-8(13-1-2-13)12(17)11(15-5-6-15)10(9)14-3-4-14;1-3-2/h7H,1-6H2;3H2,1-2H3. The molecule has 3 fully saturated rings. The van der Waals surface area contributed by atoms with Crippen LogP contribution in [0.4, 0.5) is 0 Å². The number of ketones is 2. The summed E-state index contributed by atoms with van der Waals surface area (Å²) in [6, 6.07) is 0. The van der Waals surface area contributed by atoms with E-state index in [9.17, 15) is 9.59 Å². The molecule has 0 aromatic carbocycles. The number of nitrogens with zero attached hydrogens (tertiary/aromatic N) is 3. The Balaban J connectivity index is 0.000000373. The summed E-state index contributed by atoms with van der Waals surface area (Å²) in [6.07, 6.45) is 1.52. The van der Waals surface area contributed by atoms with Gasteiger partial charge in [-0.15, -0.1) is 0 Å². The molecule has 0 radical (unpaired) electrons. The van der Waals surface area contributed by atoms with Gasteiger partial charge in [0.2, 0.25) is 11.6 Å². The number of hydrogen-bond acceptors (Lipinski definition) is 5. The number of rotatable bonds is 3. The van der Waals surface area contributed by atoms with E-state index in [2.05, 4.69) is 13.1 Å². The highest BCUT2D eigenvalue weighted by molar-refractivity contribution is 6.31. The lowest BCUT2D eigenvalue weighted by Gasteiger charge is -2.21. The van der Waals surface area contributed by atoms with E-state index < -0.39 is 0 Å². The Bertz CT molecular complexity index is 515. The average molecular weight is 291 g/mol. The predicted octanol–water partition coefficient (Wildman–Crippen LogP) is -0.568. The van der Waals surface area contributed by atoms with E-state index >= 15 is 0 Å². The summed E-state index contributed by atoms with van der Waals surface area (Å²) in [5, 5.41) is 0. The molecule has 4 rings (SSSR count). The normalized spacial score (nSPS) is 23.5. The van der Waals surface area contributed by atoms with E-state index in [0.717, 1.165) is 39.3 Å². The molecule has 0 bridgehead atoms. The second-order valence-corrected chi connectivity index (χ2v) is 7.00. The maximum atomic E-state index is 12.4. The van der Waals surface area contributed by atoms with Gasteiger partial charge >= 0.3 is 0 Å². The van der Waals surface area contributed by atoms with Crippen molar-refractivity contribution < 1.29 is 9.59 Å². The van der Waals surface area contributed by atoms with Gasteiger partial charge in [0.1, 0.15) is 11.4 Å². The molecular formula is C14H21N3O2Si. The van der Waals surface area contributed by atoms with Gasteiger partial charge in [0.15, 0.2) is 0 Å². The number of allylic oxidation sites excluding steroid dienone is 1. The highest BCUT2D eigenvalue weighted by atomic mass is 28.2. The molecule has 0 spiro atoms. The first-order valence-corrected chi connectivity index (χ1v) is 10.3. The molecule has 0 amide bonds. The Morgan fingerprint density at radius 3 is 1.75 bits per heavy atom. The summed E-state index contributed by atoms with van der Waals surface area (Å²) >= 11 is 0. The van der Waals surface area contributed by atoms with E-state index in [0.29, 0.717) is 26.6 Å². The summed E-state index contributed by atoms with van der Waals surface area (Å²) in [7, 11) is 0.417. The van der Waals surface area contributed by atoms with Crippen LogP contribution in [-0.2, 0) is 9.59 Å². The quantitative estimate of drug-likeness (QED) is 0.396. The summed E-state index contributed by atoms with van der Waals surface area (Å²) in [4.78, 5) is 30.5. The predicted molar refractivity (Wildman–Crippen MR) is 80.1 cm³/mol. The number of Topliss-reactive ketones (excluding diaryl/α,β-unsaturated/α-hetero) is 1. The lowest BCUT2D eigenvalue weighted by molar-refractivity contribution is -0.117. The van der Waals surface area contributed by atoms with Crippen molar-refractivity contribution in [1.82, 2.24) is 14.7 Å². The molecule has 5 nitrogen and oxygen atoms in total. The Kier molecular flexibility index (Phi) is 3.41. The molecule has 20 heavy (non-hydrogen) atoms. The van der Waals surface area contributed by atoms with E-state index in [1.54, 1.807) is 0 Å². The zero-order valence-electron chi connectivity index (χ0n) is 12.2. The van der Waals surface area contributed by atoms with Gasteiger partial charge in [0.05, 0.1) is 5.70 Å². The van der Waals surface area contributed by atoms with Crippen LogP contribution in [-0.4, -0.2) is 75.1 Å². The molecule has 3 heterocycles. The lowest BCUT2D eigenvalue weighted by Crippen LogP contribution is -2.29. The Hall–Kier alpha value is -1.56. The van der Waals surface area contributed by atoms with E-state index in [1.165, 1.54) is 6.08 Å². The summed E-state index contributed by atoms with van der Waals surface area (Å²) in [6.45, 7) is 9.93. The molecule has 3 saturated heterocycles. The minimum Gasteiger partial charge on any atom is -0.365 e. The summed E-state index contributed by atoms with van der Waals surface area (Å²) in [5.74, 6) is 0.0485. The van der Waals surface area contributed by atoms with Crippen LogP contribution in [0.1, 0.15) is 0 Å². The first-order valence-electron chi connectivity index (χ1n) is 7.47. The van der Waals surface area contributed by atoms with Crippen LogP contribution in [0.25, 0.3) is 0 Å². The SMILES string of the molecule is C[SiH2]C.O=C1C=C(N2CC2)C(=O)C(N2CC2)=C1N1CC1. The molecule has 0 aromatic heterocycles. The Labute approximate surface area is 121 Å². The van der Waals surface area contributed by atoms with Crippen LogP contribution in [0.5, 0.6) is 0 Å². The van der Waals surface area contributed by atoms with E-state index in [4.69, 9.17) is 0 Å². The van der Waals surface area contributed by atoms with Gasteiger partial charge in [0, 0.05) is 54.9 Å². The summed E-state index contributed by atoms with van der Waals surface area (Å²) in [5.41, 5.74) is 1.89. The minimum atomic E-state index is 0.00546. The third-order valence-corrected chi connectivity index (χ3v) is 3.49. The van der Waals surface area contributed by atoms with Crippen molar-refractivity contribution in [3.05, 3.63) is 23.2 Å². The minimum absolute atomic E-state index is 0.00546. The average Bonchev–Trinajstić information content (AvgIpc) is 3.28. The van der Waals surface area contributed by atoms with Gasteiger partial charge in [-0.1, -0.05) is 13.1 Å².